The van der Waals surface area contributed by atoms with E-state index in [1.165, 1.54) is 0 Å². The molecule has 0 bridgehead atoms. The van der Waals surface area contributed by atoms with Crippen molar-refractivity contribution in [3.8, 4) is 0 Å². The number of aromatic nitrogens is 3. The molecule has 0 saturated heterocycles. The van der Waals surface area contributed by atoms with Gasteiger partial charge in [-0.3, -0.25) is 0 Å². The lowest BCUT2D eigenvalue weighted by molar-refractivity contribution is 0.249. The van der Waals surface area contributed by atoms with Gasteiger partial charge in [-0.2, -0.15) is 0 Å². The minimum atomic E-state index is -0.291. The molecule has 3 N–H and O–H groups in total. The third-order valence-electron chi connectivity index (χ3n) is 3.45. The number of thioether (sulfide) groups is 1. The fraction of sp³-hybridized carbons (Fsp3) is 0.235. The third kappa shape index (κ3) is 3.86. The molecule has 0 unspecified atom stereocenters. The number of carbonyl (C=O) groups is 1. The number of hydrogen-bond donors (Lipinski definition) is 3. The SMILES string of the molecule is CCSc1ccc(NC(=O)N[C@H](C)c2nc3ccccc3[nH]2)cn1. The molecule has 1 aromatic carbocycles. The number of rotatable bonds is 5. The Balaban J connectivity index is 1.61. The van der Waals surface area contributed by atoms with Crippen molar-refractivity contribution in [3.63, 3.8) is 0 Å². The molecule has 24 heavy (non-hydrogen) atoms. The summed E-state index contributed by atoms with van der Waals surface area (Å²) < 4.78 is 0. The van der Waals surface area contributed by atoms with Crippen LogP contribution in [0.5, 0.6) is 0 Å². The summed E-state index contributed by atoms with van der Waals surface area (Å²) in [5.41, 5.74) is 2.49. The van der Waals surface area contributed by atoms with E-state index in [0.717, 1.165) is 27.6 Å². The molecule has 3 aromatic rings. The molecule has 6 nitrogen and oxygen atoms in total. The van der Waals surface area contributed by atoms with Gasteiger partial charge in [0.25, 0.3) is 0 Å². The molecule has 0 spiro atoms. The fourth-order valence-corrected chi connectivity index (χ4v) is 2.88. The van der Waals surface area contributed by atoms with Gasteiger partial charge >= 0.3 is 6.03 Å². The first-order chi connectivity index (χ1) is 11.7. The highest BCUT2D eigenvalue weighted by Gasteiger charge is 2.13. The number of fused-ring (bicyclic) bond motifs is 1. The van der Waals surface area contributed by atoms with Gasteiger partial charge in [0.15, 0.2) is 0 Å². The summed E-state index contributed by atoms with van der Waals surface area (Å²) in [6.07, 6.45) is 1.66. The van der Waals surface area contributed by atoms with Gasteiger partial charge in [-0.25, -0.2) is 14.8 Å². The first-order valence-corrected chi connectivity index (χ1v) is 8.75. The predicted molar refractivity (Wildman–Crippen MR) is 97.3 cm³/mol. The summed E-state index contributed by atoms with van der Waals surface area (Å²) in [6, 6.07) is 11.0. The minimum Gasteiger partial charge on any atom is -0.340 e. The van der Waals surface area contributed by atoms with Crippen molar-refractivity contribution in [2.75, 3.05) is 11.1 Å². The number of anilines is 1. The summed E-state index contributed by atoms with van der Waals surface area (Å²) in [4.78, 5) is 24.1. The van der Waals surface area contributed by atoms with Crippen LogP contribution in [-0.2, 0) is 0 Å². The van der Waals surface area contributed by atoms with Crippen LogP contribution >= 0.6 is 11.8 Å². The molecule has 0 aliphatic rings. The van der Waals surface area contributed by atoms with Crippen LogP contribution in [0.1, 0.15) is 25.7 Å². The van der Waals surface area contributed by atoms with Crippen molar-refractivity contribution in [2.45, 2.75) is 24.9 Å². The molecule has 7 heteroatoms. The average molecular weight is 341 g/mol. The molecule has 124 valence electrons. The summed E-state index contributed by atoms with van der Waals surface area (Å²) >= 11 is 1.66. The molecular formula is C17H19N5OS. The number of para-hydroxylation sites is 2. The average Bonchev–Trinajstić information content (AvgIpc) is 3.01. The Hall–Kier alpha value is -2.54. The van der Waals surface area contributed by atoms with E-state index in [4.69, 9.17) is 0 Å². The maximum absolute atomic E-state index is 12.1. The molecule has 0 fully saturated rings. The lowest BCUT2D eigenvalue weighted by Crippen LogP contribution is -2.31. The van der Waals surface area contributed by atoms with Crippen molar-refractivity contribution in [1.82, 2.24) is 20.3 Å². The Morgan fingerprint density at radius 3 is 2.83 bits per heavy atom. The molecule has 2 amide bonds. The first kappa shape index (κ1) is 16.3. The van der Waals surface area contributed by atoms with Crippen LogP contribution in [0.15, 0.2) is 47.6 Å². The molecule has 0 aliphatic carbocycles. The quantitative estimate of drug-likeness (QED) is 0.614. The number of benzene rings is 1. The standard InChI is InChI=1S/C17H19N5OS/c1-3-24-15-9-8-12(10-18-15)20-17(23)19-11(2)16-21-13-6-4-5-7-14(13)22-16/h4-11H,3H2,1-2H3,(H,21,22)(H2,19,20,23)/t11-/m1/s1. The van der Waals surface area contributed by atoms with Gasteiger partial charge in [0.2, 0.25) is 0 Å². The Morgan fingerprint density at radius 2 is 2.12 bits per heavy atom. The smallest absolute Gasteiger partial charge is 0.319 e. The van der Waals surface area contributed by atoms with Crippen LogP contribution < -0.4 is 10.6 Å². The second-order valence-electron chi connectivity index (χ2n) is 5.28. The van der Waals surface area contributed by atoms with Gasteiger partial charge < -0.3 is 15.6 Å². The zero-order valence-corrected chi connectivity index (χ0v) is 14.4. The van der Waals surface area contributed by atoms with Gasteiger partial charge in [0.05, 0.1) is 34.0 Å². The number of imidazole rings is 1. The Bertz CT molecular complexity index is 797. The van der Waals surface area contributed by atoms with E-state index in [-0.39, 0.29) is 12.1 Å². The number of aromatic amines is 1. The summed E-state index contributed by atoms with van der Waals surface area (Å²) in [5.74, 6) is 1.69. The van der Waals surface area contributed by atoms with E-state index in [0.29, 0.717) is 5.69 Å². The van der Waals surface area contributed by atoms with Crippen molar-refractivity contribution in [3.05, 3.63) is 48.4 Å². The minimum absolute atomic E-state index is 0.236. The largest absolute Gasteiger partial charge is 0.340 e. The van der Waals surface area contributed by atoms with Gasteiger partial charge in [-0.15, -0.1) is 11.8 Å². The van der Waals surface area contributed by atoms with Crippen molar-refractivity contribution in [2.24, 2.45) is 0 Å². The maximum atomic E-state index is 12.1. The van der Waals surface area contributed by atoms with Crippen LogP contribution in [0.2, 0.25) is 0 Å². The van der Waals surface area contributed by atoms with Crippen LogP contribution in [0.4, 0.5) is 10.5 Å². The summed E-state index contributed by atoms with van der Waals surface area (Å²) in [6.45, 7) is 3.96. The number of carbonyl (C=O) groups excluding carboxylic acids is 1. The topological polar surface area (TPSA) is 82.7 Å². The highest BCUT2D eigenvalue weighted by atomic mass is 32.2. The van der Waals surface area contributed by atoms with Crippen LogP contribution in [0.25, 0.3) is 11.0 Å². The normalized spacial score (nSPS) is 12.1. The molecule has 0 aliphatic heterocycles. The monoisotopic (exact) mass is 341 g/mol. The summed E-state index contributed by atoms with van der Waals surface area (Å²) in [7, 11) is 0. The lowest BCUT2D eigenvalue weighted by Gasteiger charge is -2.12. The molecule has 2 aromatic heterocycles. The fourth-order valence-electron chi connectivity index (χ4n) is 2.30. The zero-order valence-electron chi connectivity index (χ0n) is 13.5. The highest BCUT2D eigenvalue weighted by Crippen LogP contribution is 2.17. The molecular weight excluding hydrogens is 322 g/mol. The molecule has 1 atom stereocenters. The Morgan fingerprint density at radius 1 is 1.29 bits per heavy atom. The van der Waals surface area contributed by atoms with Crippen molar-refractivity contribution >= 4 is 34.5 Å². The Labute approximate surface area is 144 Å². The van der Waals surface area contributed by atoms with Crippen LogP contribution in [0.3, 0.4) is 0 Å². The van der Waals surface area contributed by atoms with E-state index in [1.807, 2.05) is 43.3 Å². The second-order valence-corrected chi connectivity index (χ2v) is 6.56. The molecule has 3 rings (SSSR count). The van der Waals surface area contributed by atoms with Crippen molar-refractivity contribution < 1.29 is 4.79 Å². The molecule has 0 saturated carbocycles. The van der Waals surface area contributed by atoms with E-state index in [2.05, 4.69) is 32.5 Å². The van der Waals surface area contributed by atoms with E-state index >= 15 is 0 Å². The zero-order chi connectivity index (χ0) is 16.9. The first-order valence-electron chi connectivity index (χ1n) is 7.76. The van der Waals surface area contributed by atoms with E-state index < -0.39 is 0 Å². The number of urea groups is 1. The maximum Gasteiger partial charge on any atom is 0.319 e. The number of hydrogen-bond acceptors (Lipinski definition) is 4. The van der Waals surface area contributed by atoms with E-state index in [9.17, 15) is 4.79 Å². The van der Waals surface area contributed by atoms with Gasteiger partial charge in [-0.1, -0.05) is 19.1 Å². The number of nitrogens with one attached hydrogen (secondary N) is 3. The van der Waals surface area contributed by atoms with Crippen LogP contribution in [-0.4, -0.2) is 26.7 Å². The number of pyridine rings is 1. The molecule has 0 radical (unpaired) electrons. The number of amides is 2. The Kier molecular flexibility index (Phi) is 5.00. The van der Waals surface area contributed by atoms with Crippen LogP contribution in [0, 0.1) is 0 Å². The summed E-state index contributed by atoms with van der Waals surface area (Å²) in [5, 5.41) is 6.59. The van der Waals surface area contributed by atoms with E-state index in [1.54, 1.807) is 18.0 Å². The van der Waals surface area contributed by atoms with Gasteiger partial charge in [0, 0.05) is 0 Å². The highest BCUT2D eigenvalue weighted by molar-refractivity contribution is 7.99. The predicted octanol–water partition coefficient (Wildman–Crippen LogP) is 3.95. The third-order valence-corrected chi connectivity index (χ3v) is 4.28. The lowest BCUT2D eigenvalue weighted by atomic mass is 10.3. The van der Waals surface area contributed by atoms with Gasteiger partial charge in [0.1, 0.15) is 5.82 Å². The number of H-pyrrole nitrogens is 1. The second kappa shape index (κ2) is 7.35. The van der Waals surface area contributed by atoms with Gasteiger partial charge in [-0.05, 0) is 36.9 Å². The van der Waals surface area contributed by atoms with Crippen molar-refractivity contribution in [1.29, 1.82) is 0 Å². The molecule has 2 heterocycles. The number of nitrogens with zero attached hydrogens (tertiary/aromatic N) is 2.